The number of hydrogen-bond donors (Lipinski definition) is 0. The summed E-state index contributed by atoms with van der Waals surface area (Å²) in [6.45, 7) is 8.69. The van der Waals surface area contributed by atoms with E-state index in [4.69, 9.17) is 15.9 Å². The lowest BCUT2D eigenvalue weighted by molar-refractivity contribution is -0.123. The normalized spacial score (nSPS) is 27.4. The summed E-state index contributed by atoms with van der Waals surface area (Å²) in [7, 11) is 4.27. The Morgan fingerprint density at radius 3 is 2.41 bits per heavy atom. The van der Waals surface area contributed by atoms with Crippen LogP contribution in [0.1, 0.15) is 79.9 Å². The molecule has 1 unspecified atom stereocenters. The van der Waals surface area contributed by atoms with Crippen molar-refractivity contribution in [2.24, 2.45) is 5.92 Å². The van der Waals surface area contributed by atoms with Gasteiger partial charge in [-0.05, 0) is 78.1 Å². The van der Waals surface area contributed by atoms with Crippen molar-refractivity contribution >= 4 is 11.7 Å². The molecule has 6 heteroatoms. The zero-order chi connectivity index (χ0) is 26.6. The number of benzene rings is 1. The molecule has 0 bridgehead atoms. The Bertz CT molecular complexity index is 1270. The van der Waals surface area contributed by atoms with Crippen molar-refractivity contribution in [1.29, 1.82) is 0 Å². The molecule has 1 aromatic carbocycles. The van der Waals surface area contributed by atoms with Crippen LogP contribution in [0.25, 0.3) is 0 Å². The lowest BCUT2D eigenvalue weighted by Gasteiger charge is -2.39. The maximum Gasteiger partial charge on any atom is 0.254 e. The zero-order valence-corrected chi connectivity index (χ0v) is 23.0. The predicted molar refractivity (Wildman–Crippen MR) is 144 cm³/mol. The van der Waals surface area contributed by atoms with Gasteiger partial charge in [-0.15, -0.1) is 6.42 Å². The quantitative estimate of drug-likeness (QED) is 0.553. The number of terminal acetylenes is 1. The number of ketones is 1. The van der Waals surface area contributed by atoms with Gasteiger partial charge >= 0.3 is 0 Å². The van der Waals surface area contributed by atoms with Crippen molar-refractivity contribution < 1.29 is 19.1 Å². The third-order valence-corrected chi connectivity index (χ3v) is 8.87. The highest BCUT2D eigenvalue weighted by Gasteiger charge is 2.48. The van der Waals surface area contributed by atoms with Crippen LogP contribution >= 0.6 is 0 Å². The number of hydrogen-bond acceptors (Lipinski definition) is 5. The van der Waals surface area contributed by atoms with Crippen LogP contribution in [0.3, 0.4) is 0 Å². The number of carbonyl (C=O) groups is 2. The van der Waals surface area contributed by atoms with Gasteiger partial charge in [-0.1, -0.05) is 17.6 Å². The number of fused-ring (bicyclic) bond motifs is 2. The van der Waals surface area contributed by atoms with E-state index in [1.54, 1.807) is 4.90 Å². The Morgan fingerprint density at radius 1 is 1.11 bits per heavy atom. The van der Waals surface area contributed by atoms with Crippen LogP contribution in [0.5, 0.6) is 11.5 Å². The molecule has 0 N–H and O–H groups in total. The maximum atomic E-state index is 13.8. The monoisotopic (exact) mass is 502 g/mol. The van der Waals surface area contributed by atoms with Crippen LogP contribution < -0.4 is 9.47 Å². The van der Waals surface area contributed by atoms with Gasteiger partial charge in [-0.3, -0.25) is 9.59 Å². The summed E-state index contributed by atoms with van der Waals surface area (Å²) in [5.41, 5.74) is 5.61. The van der Waals surface area contributed by atoms with Gasteiger partial charge in [-0.25, -0.2) is 0 Å². The molecule has 1 fully saturated rings. The second-order valence-corrected chi connectivity index (χ2v) is 11.6. The van der Waals surface area contributed by atoms with E-state index in [0.29, 0.717) is 54.6 Å². The highest BCUT2D eigenvalue weighted by molar-refractivity contribution is 6.03. The molecular formula is C31H38N2O4. The molecule has 196 valence electrons. The average Bonchev–Trinajstić information content (AvgIpc) is 3.21. The SMILES string of the molecule is C#Cc1c2c(c(C)c3c1OC(C)(C1CCC(N(C)C)CC1)O3)C(=O)N(CC1=C(C)C=C(C)CC1=O)CC2. The number of ether oxygens (including phenoxy) is 2. The van der Waals surface area contributed by atoms with Gasteiger partial charge in [0.25, 0.3) is 11.7 Å². The van der Waals surface area contributed by atoms with Crippen LogP contribution in [-0.2, 0) is 11.2 Å². The van der Waals surface area contributed by atoms with Gasteiger partial charge in [0.05, 0.1) is 11.1 Å². The third-order valence-electron chi connectivity index (χ3n) is 8.87. The molecule has 0 aromatic heterocycles. The van der Waals surface area contributed by atoms with Gasteiger partial charge in [0.1, 0.15) is 0 Å². The summed E-state index contributed by atoms with van der Waals surface area (Å²) in [6, 6.07) is 0.580. The number of nitrogens with zero attached hydrogens (tertiary/aromatic N) is 2. The summed E-state index contributed by atoms with van der Waals surface area (Å²) in [6.07, 6.45) is 13.3. The largest absolute Gasteiger partial charge is 0.448 e. The molecule has 5 rings (SSSR count). The smallest absolute Gasteiger partial charge is 0.254 e. The minimum atomic E-state index is -0.802. The molecule has 1 amide bonds. The Morgan fingerprint density at radius 2 is 1.78 bits per heavy atom. The first-order valence-corrected chi connectivity index (χ1v) is 13.4. The molecule has 0 radical (unpaired) electrons. The first-order valence-electron chi connectivity index (χ1n) is 13.4. The van der Waals surface area contributed by atoms with E-state index in [-0.39, 0.29) is 17.6 Å². The Hall–Kier alpha value is -3.04. The van der Waals surface area contributed by atoms with Crippen molar-refractivity contribution in [3.05, 3.63) is 45.0 Å². The van der Waals surface area contributed by atoms with E-state index in [1.165, 1.54) is 0 Å². The lowest BCUT2D eigenvalue weighted by atomic mass is 9.81. The molecular weight excluding hydrogens is 464 g/mol. The van der Waals surface area contributed by atoms with Crippen molar-refractivity contribution in [3.8, 4) is 23.8 Å². The fourth-order valence-corrected chi connectivity index (χ4v) is 6.66. The third kappa shape index (κ3) is 4.28. The highest BCUT2D eigenvalue weighted by atomic mass is 16.7. The number of rotatable bonds is 4. The summed E-state index contributed by atoms with van der Waals surface area (Å²) < 4.78 is 13.1. The highest BCUT2D eigenvalue weighted by Crippen LogP contribution is 2.52. The van der Waals surface area contributed by atoms with Gasteiger partial charge in [0, 0.05) is 49.5 Å². The van der Waals surface area contributed by atoms with Crippen molar-refractivity contribution in [3.63, 3.8) is 0 Å². The van der Waals surface area contributed by atoms with E-state index in [2.05, 4.69) is 24.9 Å². The van der Waals surface area contributed by atoms with Crippen LogP contribution in [-0.4, -0.2) is 60.5 Å². The van der Waals surface area contributed by atoms with Gasteiger partial charge in [-0.2, -0.15) is 0 Å². The summed E-state index contributed by atoms with van der Waals surface area (Å²) in [5.74, 6) is 3.48. The first kappa shape index (κ1) is 25.6. The predicted octanol–water partition coefficient (Wildman–Crippen LogP) is 4.82. The molecule has 1 aromatic rings. The van der Waals surface area contributed by atoms with Crippen LogP contribution in [0.15, 0.2) is 22.8 Å². The second-order valence-electron chi connectivity index (χ2n) is 11.6. The number of amides is 1. The van der Waals surface area contributed by atoms with Crippen molar-refractivity contribution in [1.82, 2.24) is 9.80 Å². The maximum absolute atomic E-state index is 13.8. The molecule has 2 aliphatic carbocycles. The summed E-state index contributed by atoms with van der Waals surface area (Å²) >= 11 is 0. The second kappa shape index (κ2) is 9.36. The zero-order valence-electron chi connectivity index (χ0n) is 23.0. The van der Waals surface area contributed by atoms with Crippen LogP contribution in [0, 0.1) is 25.2 Å². The van der Waals surface area contributed by atoms with E-state index >= 15 is 0 Å². The minimum absolute atomic E-state index is 0.0962. The standard InChI is InChI=1S/C31H38N2O4/c1-8-23-24-13-14-33(17-25-19(3)15-18(2)16-26(25)34)30(35)27(24)20(4)28-29(23)37-31(5,36-28)21-9-11-22(12-10-21)32(6)7/h1,15,21-22H,9-14,16-17H2,2-7H3. The number of Topliss-reactive ketones (excluding diaryl/α,β-unsaturated/α-hetero) is 1. The van der Waals surface area contributed by atoms with Crippen molar-refractivity contribution in [2.75, 3.05) is 27.2 Å². The van der Waals surface area contributed by atoms with E-state index in [1.807, 2.05) is 33.8 Å². The number of allylic oxidation sites excluding steroid dienone is 3. The molecule has 4 aliphatic rings. The summed E-state index contributed by atoms with van der Waals surface area (Å²) in [5, 5.41) is 0. The fourth-order valence-electron chi connectivity index (χ4n) is 6.66. The molecule has 0 saturated heterocycles. The topological polar surface area (TPSA) is 59.1 Å². The molecule has 0 spiro atoms. The Labute approximate surface area is 220 Å². The molecule has 2 heterocycles. The van der Waals surface area contributed by atoms with Crippen LogP contribution in [0.2, 0.25) is 0 Å². The van der Waals surface area contributed by atoms with Gasteiger partial charge in [0.2, 0.25) is 0 Å². The molecule has 1 atom stereocenters. The number of carbonyl (C=O) groups excluding carboxylic acids is 2. The van der Waals surface area contributed by atoms with E-state index in [0.717, 1.165) is 53.5 Å². The van der Waals surface area contributed by atoms with Crippen molar-refractivity contribution in [2.45, 2.75) is 78.0 Å². The van der Waals surface area contributed by atoms with Gasteiger partial charge < -0.3 is 19.3 Å². The molecule has 37 heavy (non-hydrogen) atoms. The fraction of sp³-hybridized carbons (Fsp3) is 0.548. The Balaban J connectivity index is 1.45. The minimum Gasteiger partial charge on any atom is -0.448 e. The van der Waals surface area contributed by atoms with E-state index in [9.17, 15) is 9.59 Å². The lowest BCUT2D eigenvalue weighted by Crippen LogP contribution is -2.46. The molecule has 6 nitrogen and oxygen atoms in total. The Kier molecular flexibility index (Phi) is 6.48. The van der Waals surface area contributed by atoms with Crippen LogP contribution in [0.4, 0.5) is 0 Å². The molecule has 2 aliphatic heterocycles. The first-order chi connectivity index (χ1) is 17.5. The average molecular weight is 503 g/mol. The van der Waals surface area contributed by atoms with E-state index < -0.39 is 5.79 Å². The molecule has 1 saturated carbocycles. The van der Waals surface area contributed by atoms with Gasteiger partial charge in [0.15, 0.2) is 17.3 Å². The summed E-state index contributed by atoms with van der Waals surface area (Å²) in [4.78, 5) is 30.6.